The third-order valence-corrected chi connectivity index (χ3v) is 3.82. The van der Waals surface area contributed by atoms with E-state index in [1.807, 2.05) is 19.1 Å². The number of aromatic nitrogens is 2. The van der Waals surface area contributed by atoms with Gasteiger partial charge in [0, 0.05) is 30.1 Å². The first-order valence-electron chi connectivity index (χ1n) is 8.51. The molecule has 1 aromatic heterocycles. The van der Waals surface area contributed by atoms with Crippen molar-refractivity contribution in [3.05, 3.63) is 71.0 Å². The van der Waals surface area contributed by atoms with Gasteiger partial charge in [0.25, 0.3) is 5.56 Å². The molecular weight excluding hydrogens is 344 g/mol. The van der Waals surface area contributed by atoms with Gasteiger partial charge in [-0.15, -0.1) is 0 Å². The summed E-state index contributed by atoms with van der Waals surface area (Å²) in [5, 5.41) is 9.74. The van der Waals surface area contributed by atoms with E-state index in [1.165, 1.54) is 10.7 Å². The van der Waals surface area contributed by atoms with Crippen LogP contribution in [0.25, 0.3) is 11.3 Å². The van der Waals surface area contributed by atoms with Crippen LogP contribution in [0.15, 0.2) is 65.5 Å². The number of urea groups is 1. The summed E-state index contributed by atoms with van der Waals surface area (Å²) in [7, 11) is 1.60. The Morgan fingerprint density at radius 1 is 0.963 bits per heavy atom. The standard InChI is InChI=1S/C20H20N4O3/c1-3-27-17-10-8-16(9-11-17)22-20(26)21-15-6-4-14(5-7-15)18-12-13-19(25)24(2)23-18/h4-13H,3H2,1-2H3,(H2,21,22,26). The van der Waals surface area contributed by atoms with Crippen molar-refractivity contribution >= 4 is 17.4 Å². The van der Waals surface area contributed by atoms with E-state index in [0.717, 1.165) is 11.3 Å². The Hall–Kier alpha value is -3.61. The van der Waals surface area contributed by atoms with E-state index in [1.54, 1.807) is 49.5 Å². The van der Waals surface area contributed by atoms with Gasteiger partial charge in [0.05, 0.1) is 12.3 Å². The SMILES string of the molecule is CCOc1ccc(NC(=O)Nc2ccc(-c3ccc(=O)n(C)n3)cc2)cc1. The summed E-state index contributed by atoms with van der Waals surface area (Å²) < 4.78 is 6.65. The van der Waals surface area contributed by atoms with Crippen molar-refractivity contribution in [2.75, 3.05) is 17.2 Å². The molecule has 7 nitrogen and oxygen atoms in total. The highest BCUT2D eigenvalue weighted by atomic mass is 16.5. The minimum Gasteiger partial charge on any atom is -0.494 e. The number of benzene rings is 2. The maximum absolute atomic E-state index is 12.1. The number of hydrogen-bond donors (Lipinski definition) is 2. The number of ether oxygens (including phenoxy) is 1. The quantitative estimate of drug-likeness (QED) is 0.726. The fourth-order valence-electron chi connectivity index (χ4n) is 2.48. The minimum absolute atomic E-state index is 0.164. The third-order valence-electron chi connectivity index (χ3n) is 3.82. The van der Waals surface area contributed by atoms with Crippen LogP contribution in [-0.4, -0.2) is 22.4 Å². The molecule has 2 amide bonds. The average Bonchev–Trinajstić information content (AvgIpc) is 2.66. The van der Waals surface area contributed by atoms with Crippen molar-refractivity contribution in [2.45, 2.75) is 6.92 Å². The third kappa shape index (κ3) is 4.72. The number of nitrogens with zero attached hydrogens (tertiary/aromatic N) is 2. The van der Waals surface area contributed by atoms with Gasteiger partial charge in [0.2, 0.25) is 0 Å². The van der Waals surface area contributed by atoms with Gasteiger partial charge in [-0.1, -0.05) is 12.1 Å². The molecule has 0 saturated heterocycles. The van der Waals surface area contributed by atoms with E-state index >= 15 is 0 Å². The molecule has 0 radical (unpaired) electrons. The lowest BCUT2D eigenvalue weighted by molar-refractivity contribution is 0.262. The molecule has 0 spiro atoms. The lowest BCUT2D eigenvalue weighted by Crippen LogP contribution is -2.19. The Morgan fingerprint density at radius 3 is 2.11 bits per heavy atom. The minimum atomic E-state index is -0.341. The summed E-state index contributed by atoms with van der Waals surface area (Å²) in [5.74, 6) is 0.756. The van der Waals surface area contributed by atoms with Crippen molar-refractivity contribution in [3.63, 3.8) is 0 Å². The summed E-state index contributed by atoms with van der Waals surface area (Å²) in [6, 6.07) is 17.2. The highest BCUT2D eigenvalue weighted by Gasteiger charge is 2.05. The van der Waals surface area contributed by atoms with E-state index in [4.69, 9.17) is 4.74 Å². The Bertz CT molecular complexity index is 979. The summed E-state index contributed by atoms with van der Waals surface area (Å²) in [6.07, 6.45) is 0. The number of aryl methyl sites for hydroxylation is 1. The predicted molar refractivity (Wildman–Crippen MR) is 105 cm³/mol. The highest BCUT2D eigenvalue weighted by Crippen LogP contribution is 2.19. The van der Waals surface area contributed by atoms with Crippen LogP contribution in [0.4, 0.5) is 16.2 Å². The first-order valence-corrected chi connectivity index (χ1v) is 8.51. The van der Waals surface area contributed by atoms with Crippen LogP contribution < -0.4 is 20.9 Å². The normalized spacial score (nSPS) is 10.3. The van der Waals surface area contributed by atoms with E-state index in [2.05, 4.69) is 15.7 Å². The molecule has 0 atom stereocenters. The number of carbonyl (C=O) groups excluding carboxylic acids is 1. The summed E-state index contributed by atoms with van der Waals surface area (Å²) in [6.45, 7) is 2.51. The molecule has 0 fully saturated rings. The molecule has 0 aliphatic carbocycles. The monoisotopic (exact) mass is 364 g/mol. The van der Waals surface area contributed by atoms with Gasteiger partial charge in [-0.2, -0.15) is 5.10 Å². The molecule has 7 heteroatoms. The number of carbonyl (C=O) groups is 1. The summed E-state index contributed by atoms with van der Waals surface area (Å²) >= 11 is 0. The molecule has 0 aliphatic heterocycles. The molecule has 1 heterocycles. The van der Waals surface area contributed by atoms with E-state index in [-0.39, 0.29) is 11.6 Å². The smallest absolute Gasteiger partial charge is 0.323 e. The lowest BCUT2D eigenvalue weighted by Gasteiger charge is -2.09. The maximum atomic E-state index is 12.1. The van der Waals surface area contributed by atoms with Gasteiger partial charge in [-0.05, 0) is 49.4 Å². The fourth-order valence-corrected chi connectivity index (χ4v) is 2.48. The zero-order valence-electron chi connectivity index (χ0n) is 15.1. The first-order chi connectivity index (χ1) is 13.0. The largest absolute Gasteiger partial charge is 0.494 e. The second-order valence-corrected chi connectivity index (χ2v) is 5.79. The van der Waals surface area contributed by atoms with Gasteiger partial charge >= 0.3 is 6.03 Å². The molecule has 0 bridgehead atoms. The number of anilines is 2. The van der Waals surface area contributed by atoms with Crippen LogP contribution in [-0.2, 0) is 7.05 Å². The summed E-state index contributed by atoms with van der Waals surface area (Å²) in [5.41, 5.74) is 2.68. The van der Waals surface area contributed by atoms with Crippen LogP contribution in [0.2, 0.25) is 0 Å². The second-order valence-electron chi connectivity index (χ2n) is 5.79. The number of hydrogen-bond acceptors (Lipinski definition) is 4. The molecule has 138 valence electrons. The van der Waals surface area contributed by atoms with Gasteiger partial charge in [-0.3, -0.25) is 4.79 Å². The Balaban J connectivity index is 1.62. The Labute approximate surface area is 156 Å². The molecule has 0 aliphatic rings. The van der Waals surface area contributed by atoms with E-state index in [0.29, 0.717) is 23.7 Å². The fraction of sp³-hybridized carbons (Fsp3) is 0.150. The zero-order chi connectivity index (χ0) is 19.2. The molecule has 2 aromatic carbocycles. The van der Waals surface area contributed by atoms with Crippen molar-refractivity contribution < 1.29 is 9.53 Å². The average molecular weight is 364 g/mol. The number of amides is 2. The van der Waals surface area contributed by atoms with E-state index in [9.17, 15) is 9.59 Å². The van der Waals surface area contributed by atoms with Crippen LogP contribution in [0.3, 0.4) is 0 Å². The predicted octanol–water partition coefficient (Wildman–Crippen LogP) is 3.49. The molecule has 0 unspecified atom stereocenters. The van der Waals surface area contributed by atoms with Crippen molar-refractivity contribution in [3.8, 4) is 17.0 Å². The molecule has 27 heavy (non-hydrogen) atoms. The highest BCUT2D eigenvalue weighted by molar-refractivity contribution is 5.99. The molecular formula is C20H20N4O3. The molecule has 3 aromatic rings. The van der Waals surface area contributed by atoms with Gasteiger partial charge in [0.1, 0.15) is 5.75 Å². The van der Waals surface area contributed by atoms with Crippen LogP contribution in [0.5, 0.6) is 5.75 Å². The first kappa shape index (κ1) is 18.2. The van der Waals surface area contributed by atoms with Gasteiger partial charge in [-0.25, -0.2) is 9.48 Å². The molecule has 3 rings (SSSR count). The Kier molecular flexibility index (Phi) is 5.51. The number of nitrogens with one attached hydrogen (secondary N) is 2. The Morgan fingerprint density at radius 2 is 1.56 bits per heavy atom. The van der Waals surface area contributed by atoms with Crippen LogP contribution in [0.1, 0.15) is 6.92 Å². The van der Waals surface area contributed by atoms with Crippen LogP contribution in [0, 0.1) is 0 Å². The maximum Gasteiger partial charge on any atom is 0.323 e. The van der Waals surface area contributed by atoms with Gasteiger partial charge in [0.15, 0.2) is 0 Å². The van der Waals surface area contributed by atoms with Crippen molar-refractivity contribution in [2.24, 2.45) is 7.05 Å². The number of rotatable bonds is 5. The van der Waals surface area contributed by atoms with Crippen molar-refractivity contribution in [1.29, 1.82) is 0 Å². The molecule has 2 N–H and O–H groups in total. The zero-order valence-corrected chi connectivity index (χ0v) is 15.1. The lowest BCUT2D eigenvalue weighted by atomic mass is 10.1. The summed E-state index contributed by atoms with van der Waals surface area (Å²) in [4.78, 5) is 23.5. The van der Waals surface area contributed by atoms with Crippen LogP contribution >= 0.6 is 0 Å². The van der Waals surface area contributed by atoms with Crippen molar-refractivity contribution in [1.82, 2.24) is 9.78 Å². The van der Waals surface area contributed by atoms with E-state index < -0.39 is 0 Å². The second kappa shape index (κ2) is 8.18. The molecule has 0 saturated carbocycles. The van der Waals surface area contributed by atoms with Gasteiger partial charge < -0.3 is 15.4 Å². The topological polar surface area (TPSA) is 85.3 Å².